The van der Waals surface area contributed by atoms with Crippen LogP contribution in [0.5, 0.6) is 0 Å². The highest BCUT2D eigenvalue weighted by Crippen LogP contribution is 2.44. The lowest BCUT2D eigenvalue weighted by Crippen LogP contribution is -2.10. The largest absolute Gasteiger partial charge is 0.456 e. The zero-order valence-electron chi connectivity index (χ0n) is 29.8. The second kappa shape index (κ2) is 12.9. The first-order chi connectivity index (χ1) is 27.3. The van der Waals surface area contributed by atoms with Gasteiger partial charge in [0, 0.05) is 48.0 Å². The van der Waals surface area contributed by atoms with Crippen LogP contribution in [0.15, 0.2) is 205 Å². The van der Waals surface area contributed by atoms with Crippen molar-refractivity contribution < 1.29 is 4.42 Å². The molecule has 11 aromatic rings. The molecule has 0 saturated heterocycles. The van der Waals surface area contributed by atoms with Gasteiger partial charge in [0.1, 0.15) is 11.2 Å². The molecular formula is C52H33NOS. The summed E-state index contributed by atoms with van der Waals surface area (Å²) in [6.07, 6.45) is 0. The minimum atomic E-state index is 0.907. The summed E-state index contributed by atoms with van der Waals surface area (Å²) in [7, 11) is 0. The molecule has 0 fully saturated rings. The number of anilines is 3. The van der Waals surface area contributed by atoms with E-state index < -0.39 is 0 Å². The summed E-state index contributed by atoms with van der Waals surface area (Å²) in [6.45, 7) is 0. The molecule has 3 heteroatoms. The van der Waals surface area contributed by atoms with Gasteiger partial charge in [0.15, 0.2) is 0 Å². The molecule has 0 aliphatic rings. The Labute approximate surface area is 322 Å². The maximum atomic E-state index is 6.42. The first kappa shape index (κ1) is 31.6. The lowest BCUT2D eigenvalue weighted by atomic mass is 9.94. The fourth-order valence-corrected chi connectivity index (χ4v) is 9.52. The Morgan fingerprint density at radius 3 is 1.73 bits per heavy atom. The Hall–Kier alpha value is -6.94. The third-order valence-corrected chi connectivity index (χ3v) is 12.1. The summed E-state index contributed by atoms with van der Waals surface area (Å²) >= 11 is 1.87. The minimum Gasteiger partial charge on any atom is -0.456 e. The van der Waals surface area contributed by atoms with E-state index in [1.54, 1.807) is 0 Å². The average molecular weight is 720 g/mol. The number of hydrogen-bond acceptors (Lipinski definition) is 3. The molecule has 0 N–H and O–H groups in total. The summed E-state index contributed by atoms with van der Waals surface area (Å²) in [5, 5.41) is 7.37. The molecule has 0 atom stereocenters. The molecule has 9 aromatic carbocycles. The first-order valence-corrected chi connectivity index (χ1v) is 19.5. The van der Waals surface area contributed by atoms with Gasteiger partial charge in [-0.3, -0.25) is 0 Å². The summed E-state index contributed by atoms with van der Waals surface area (Å²) in [6, 6.07) is 72.1. The number of para-hydroxylation sites is 1. The molecule has 0 unspecified atom stereocenters. The lowest BCUT2D eigenvalue weighted by molar-refractivity contribution is 0.669. The quantitative estimate of drug-likeness (QED) is 0.170. The number of nitrogens with zero attached hydrogens (tertiary/aromatic N) is 1. The van der Waals surface area contributed by atoms with Crippen LogP contribution in [0.1, 0.15) is 0 Å². The van der Waals surface area contributed by atoms with Gasteiger partial charge >= 0.3 is 0 Å². The van der Waals surface area contributed by atoms with Gasteiger partial charge in [-0.15, -0.1) is 11.3 Å². The molecule has 0 bridgehead atoms. The smallest absolute Gasteiger partial charge is 0.136 e. The Morgan fingerprint density at radius 1 is 0.345 bits per heavy atom. The maximum absolute atomic E-state index is 6.42. The molecule has 2 aromatic heterocycles. The van der Waals surface area contributed by atoms with Crippen LogP contribution < -0.4 is 4.90 Å². The van der Waals surface area contributed by atoms with Crippen molar-refractivity contribution in [2.75, 3.05) is 4.90 Å². The minimum absolute atomic E-state index is 0.907. The number of hydrogen-bond donors (Lipinski definition) is 0. The zero-order valence-corrected chi connectivity index (χ0v) is 30.6. The van der Waals surface area contributed by atoms with Crippen molar-refractivity contribution in [2.24, 2.45) is 0 Å². The molecule has 0 radical (unpaired) electrons. The highest BCUT2D eigenvalue weighted by atomic mass is 32.1. The topological polar surface area (TPSA) is 16.4 Å². The van der Waals surface area contributed by atoms with E-state index >= 15 is 0 Å². The molecule has 55 heavy (non-hydrogen) atoms. The second-order valence-corrected chi connectivity index (χ2v) is 15.1. The fraction of sp³-hybridized carbons (Fsp3) is 0. The molecule has 0 saturated carbocycles. The average Bonchev–Trinajstić information content (AvgIpc) is 3.83. The van der Waals surface area contributed by atoms with E-state index in [0.29, 0.717) is 0 Å². The van der Waals surface area contributed by atoms with Crippen LogP contribution in [-0.2, 0) is 0 Å². The van der Waals surface area contributed by atoms with Crippen molar-refractivity contribution >= 4 is 81.3 Å². The number of benzene rings is 9. The Balaban J connectivity index is 1.03. The highest BCUT2D eigenvalue weighted by molar-refractivity contribution is 7.26. The van der Waals surface area contributed by atoms with Crippen LogP contribution in [0.2, 0.25) is 0 Å². The van der Waals surface area contributed by atoms with Gasteiger partial charge in [0.2, 0.25) is 0 Å². The Bertz CT molecular complexity index is 3190. The van der Waals surface area contributed by atoms with E-state index in [1.165, 1.54) is 58.6 Å². The van der Waals surface area contributed by atoms with Gasteiger partial charge < -0.3 is 9.32 Å². The van der Waals surface area contributed by atoms with Gasteiger partial charge in [-0.1, -0.05) is 146 Å². The van der Waals surface area contributed by atoms with Crippen LogP contribution in [-0.4, -0.2) is 0 Å². The van der Waals surface area contributed by atoms with E-state index in [4.69, 9.17) is 4.42 Å². The predicted octanol–water partition coefficient (Wildman–Crippen LogP) is 15.6. The summed E-state index contributed by atoms with van der Waals surface area (Å²) in [4.78, 5) is 2.36. The van der Waals surface area contributed by atoms with Crippen LogP contribution in [0.3, 0.4) is 0 Å². The van der Waals surface area contributed by atoms with Crippen molar-refractivity contribution in [3.8, 4) is 33.4 Å². The Kier molecular flexibility index (Phi) is 7.39. The van der Waals surface area contributed by atoms with E-state index in [1.807, 2.05) is 17.4 Å². The Morgan fingerprint density at radius 2 is 0.945 bits per heavy atom. The SMILES string of the molecule is c1ccc(-c2cccc(N(c3ccc(-c4cc5oc6ccccc6c5c5ccccc45)cc3)c3ccc(-c4cccc5c4sc4ccccc45)cc3)c2)cc1. The van der Waals surface area contributed by atoms with Crippen molar-refractivity contribution in [3.05, 3.63) is 200 Å². The van der Waals surface area contributed by atoms with E-state index in [-0.39, 0.29) is 0 Å². The summed E-state index contributed by atoms with van der Waals surface area (Å²) < 4.78 is 9.07. The van der Waals surface area contributed by atoms with Gasteiger partial charge in [-0.2, -0.15) is 0 Å². The number of thiophene rings is 1. The number of rotatable bonds is 6. The normalized spacial score (nSPS) is 11.6. The molecule has 0 aliphatic carbocycles. The molecule has 0 aliphatic heterocycles. The van der Waals surface area contributed by atoms with Crippen molar-refractivity contribution in [1.29, 1.82) is 0 Å². The number of furan rings is 1. The van der Waals surface area contributed by atoms with Crippen molar-refractivity contribution in [2.45, 2.75) is 0 Å². The molecule has 0 amide bonds. The van der Waals surface area contributed by atoms with Crippen molar-refractivity contribution in [3.63, 3.8) is 0 Å². The fourth-order valence-electron chi connectivity index (χ4n) is 8.28. The second-order valence-electron chi connectivity index (χ2n) is 14.1. The van der Waals surface area contributed by atoms with E-state index in [9.17, 15) is 0 Å². The van der Waals surface area contributed by atoms with Crippen LogP contribution in [0.4, 0.5) is 17.1 Å². The predicted molar refractivity (Wildman–Crippen MR) is 235 cm³/mol. The van der Waals surface area contributed by atoms with Crippen LogP contribution in [0.25, 0.3) is 86.3 Å². The van der Waals surface area contributed by atoms with Gasteiger partial charge in [0.25, 0.3) is 0 Å². The highest BCUT2D eigenvalue weighted by Gasteiger charge is 2.18. The van der Waals surface area contributed by atoms with Crippen LogP contribution >= 0.6 is 11.3 Å². The van der Waals surface area contributed by atoms with Crippen molar-refractivity contribution in [1.82, 2.24) is 0 Å². The molecule has 2 nitrogen and oxygen atoms in total. The molecule has 2 heterocycles. The molecule has 11 rings (SSSR count). The van der Waals surface area contributed by atoms with E-state index in [0.717, 1.165) is 44.7 Å². The lowest BCUT2D eigenvalue weighted by Gasteiger charge is -2.26. The number of fused-ring (bicyclic) bond motifs is 8. The zero-order chi connectivity index (χ0) is 36.3. The summed E-state index contributed by atoms with van der Waals surface area (Å²) in [5.41, 5.74) is 12.3. The third-order valence-electron chi connectivity index (χ3n) is 10.9. The first-order valence-electron chi connectivity index (χ1n) is 18.7. The monoisotopic (exact) mass is 719 g/mol. The van der Waals surface area contributed by atoms with Gasteiger partial charge in [-0.05, 0) is 98.8 Å². The molecule has 258 valence electrons. The van der Waals surface area contributed by atoms with E-state index in [2.05, 4.69) is 199 Å². The standard InChI is InChI=1S/C52H33NOS/c1-2-12-34(13-3-1)37-14-10-15-40(32-37)53(38-28-24-35(25-29-38)41-20-11-21-45-43-17-7-9-23-50(43)55-52(41)45)39-30-26-36(27-31-39)47-33-49-51(44-18-5-4-16-42(44)47)46-19-6-8-22-48(46)54-49/h1-33H. The summed E-state index contributed by atoms with van der Waals surface area (Å²) in [5.74, 6) is 0. The maximum Gasteiger partial charge on any atom is 0.136 e. The van der Waals surface area contributed by atoms with Gasteiger partial charge in [-0.25, -0.2) is 0 Å². The third kappa shape index (κ3) is 5.32. The van der Waals surface area contributed by atoms with Crippen LogP contribution in [0, 0.1) is 0 Å². The van der Waals surface area contributed by atoms with Gasteiger partial charge in [0.05, 0.1) is 0 Å². The molecular weight excluding hydrogens is 687 g/mol. The molecule has 0 spiro atoms.